The van der Waals surface area contributed by atoms with E-state index in [4.69, 9.17) is 0 Å². The minimum Gasteiger partial charge on any atom is -0.549 e. The van der Waals surface area contributed by atoms with Crippen LogP contribution in [0.1, 0.15) is 20.8 Å². The maximum absolute atomic E-state index is 10.5. The van der Waals surface area contributed by atoms with Crippen LogP contribution in [0.2, 0.25) is 0 Å². The number of carboxylic acids is 1. The largest absolute Gasteiger partial charge is 1.00 e. The van der Waals surface area contributed by atoms with Crippen LogP contribution in [0.25, 0.3) is 0 Å². The first kappa shape index (κ1) is 12.8. The summed E-state index contributed by atoms with van der Waals surface area (Å²) in [5.74, 6) is -1.71. The van der Waals surface area contributed by atoms with Crippen LogP contribution in [0.4, 0.5) is 0 Å². The molecule has 52 valence electrons. The van der Waals surface area contributed by atoms with E-state index in [1.54, 1.807) is 0 Å². The van der Waals surface area contributed by atoms with Crippen molar-refractivity contribution in [3.05, 3.63) is 0 Å². The molecule has 0 radical (unpaired) electrons. The Balaban J connectivity index is 0. The number of carbonyl (C=O) groups excluding carboxylic acids is 2. The van der Waals surface area contributed by atoms with Crippen molar-refractivity contribution < 1.29 is 44.3 Å². The van der Waals surface area contributed by atoms with Gasteiger partial charge in [0.1, 0.15) is 5.78 Å². The number of rotatable bonds is 2. The molecule has 0 aromatic carbocycles. The molecular weight excluding hydrogens is 143 g/mol. The molecule has 0 fully saturated rings. The minimum atomic E-state index is -1.33. The molecule has 0 rings (SSSR count). The van der Waals surface area contributed by atoms with Crippen molar-refractivity contribution in [2.75, 3.05) is 0 Å². The fraction of sp³-hybridized carbons (Fsp3) is 0.667. The average molecular weight is 152 g/mol. The number of carbonyl (C=O) groups is 2. The number of aliphatic carboxylic acids is 1. The standard InChI is InChI=1S/C6H10O3.Na/c1-4(7)6(2,3)5(8)9;/h1-3H3,(H,8,9);/q;+1/p-1. The molecule has 10 heavy (non-hydrogen) atoms. The van der Waals surface area contributed by atoms with Crippen LogP contribution in [-0.4, -0.2) is 11.8 Å². The van der Waals surface area contributed by atoms with Crippen molar-refractivity contribution in [1.29, 1.82) is 0 Å². The molecule has 0 unspecified atom stereocenters. The normalized spacial score (nSPS) is 9.90. The topological polar surface area (TPSA) is 57.2 Å². The van der Waals surface area contributed by atoms with Gasteiger partial charge < -0.3 is 9.90 Å². The summed E-state index contributed by atoms with van der Waals surface area (Å²) in [5.41, 5.74) is -1.33. The molecule has 0 aromatic heterocycles. The van der Waals surface area contributed by atoms with Gasteiger partial charge in [0.2, 0.25) is 0 Å². The Morgan fingerprint density at radius 3 is 1.60 bits per heavy atom. The maximum atomic E-state index is 10.5. The van der Waals surface area contributed by atoms with Crippen LogP contribution < -0.4 is 34.7 Å². The van der Waals surface area contributed by atoms with Crippen LogP contribution in [-0.2, 0) is 9.59 Å². The smallest absolute Gasteiger partial charge is 0.549 e. The third-order valence-corrected chi connectivity index (χ3v) is 1.39. The van der Waals surface area contributed by atoms with Crippen molar-refractivity contribution in [1.82, 2.24) is 0 Å². The Kier molecular flexibility index (Phi) is 5.25. The Bertz CT molecular complexity index is 135. The van der Waals surface area contributed by atoms with E-state index in [-0.39, 0.29) is 35.3 Å². The summed E-state index contributed by atoms with van der Waals surface area (Å²) < 4.78 is 0. The van der Waals surface area contributed by atoms with Gasteiger partial charge in [0.25, 0.3) is 0 Å². The molecule has 0 bridgehead atoms. The van der Waals surface area contributed by atoms with Gasteiger partial charge in [-0.15, -0.1) is 0 Å². The Labute approximate surface area is 82.1 Å². The quantitative estimate of drug-likeness (QED) is 0.303. The monoisotopic (exact) mass is 152 g/mol. The number of ketones is 1. The summed E-state index contributed by atoms with van der Waals surface area (Å²) in [4.78, 5) is 20.6. The summed E-state index contributed by atoms with van der Waals surface area (Å²) >= 11 is 0. The molecule has 4 heteroatoms. The number of carboxylic acid groups (broad SMARTS) is 1. The van der Waals surface area contributed by atoms with E-state index in [0.29, 0.717) is 0 Å². The Morgan fingerprint density at radius 2 is 1.60 bits per heavy atom. The van der Waals surface area contributed by atoms with Gasteiger partial charge in [-0.3, -0.25) is 4.79 Å². The van der Waals surface area contributed by atoms with Crippen molar-refractivity contribution in [2.45, 2.75) is 20.8 Å². The minimum absolute atomic E-state index is 0. The second kappa shape index (κ2) is 4.11. The van der Waals surface area contributed by atoms with E-state index in [1.165, 1.54) is 20.8 Å². The van der Waals surface area contributed by atoms with Crippen molar-refractivity contribution in [3.8, 4) is 0 Å². The summed E-state index contributed by atoms with van der Waals surface area (Å²) in [6, 6.07) is 0. The number of hydrogen-bond donors (Lipinski definition) is 0. The molecule has 0 aliphatic carbocycles. The SMILES string of the molecule is CC(=O)C(C)(C)C(=O)[O-].[Na+]. The first-order chi connectivity index (χ1) is 3.89. The van der Waals surface area contributed by atoms with Crippen LogP contribution in [0.15, 0.2) is 0 Å². The summed E-state index contributed by atoms with van der Waals surface area (Å²) in [5, 5.41) is 10.1. The second-order valence-electron chi connectivity index (χ2n) is 2.47. The molecule has 0 amide bonds. The predicted molar refractivity (Wildman–Crippen MR) is 29.5 cm³/mol. The van der Waals surface area contributed by atoms with Crippen molar-refractivity contribution in [3.63, 3.8) is 0 Å². The zero-order chi connectivity index (χ0) is 7.65. The Morgan fingerprint density at radius 1 is 1.30 bits per heavy atom. The summed E-state index contributed by atoms with van der Waals surface area (Å²) in [7, 11) is 0. The van der Waals surface area contributed by atoms with Gasteiger partial charge in [-0.1, -0.05) is 0 Å². The van der Waals surface area contributed by atoms with Gasteiger partial charge in [0.05, 0.1) is 11.4 Å². The number of Topliss-reactive ketones (excluding diaryl/α,β-unsaturated/α-hetero) is 1. The number of hydrogen-bond acceptors (Lipinski definition) is 3. The van der Waals surface area contributed by atoms with E-state index in [1.807, 2.05) is 0 Å². The molecular formula is C6H9NaO3. The molecule has 0 aliphatic rings. The fourth-order valence-corrected chi connectivity index (χ4v) is 0.144. The zero-order valence-corrected chi connectivity index (χ0v) is 8.72. The molecule has 0 N–H and O–H groups in total. The predicted octanol–water partition coefficient (Wildman–Crippen LogP) is -3.64. The first-order valence-corrected chi connectivity index (χ1v) is 2.61. The fourth-order valence-electron chi connectivity index (χ4n) is 0.144. The molecule has 0 atom stereocenters. The van der Waals surface area contributed by atoms with Gasteiger partial charge in [-0.2, -0.15) is 0 Å². The van der Waals surface area contributed by atoms with Crippen LogP contribution >= 0.6 is 0 Å². The van der Waals surface area contributed by atoms with Crippen LogP contribution in [0, 0.1) is 5.41 Å². The molecule has 3 nitrogen and oxygen atoms in total. The van der Waals surface area contributed by atoms with E-state index in [9.17, 15) is 14.7 Å². The molecule has 0 spiro atoms. The average Bonchev–Trinajstić information content (AvgIpc) is 1.65. The zero-order valence-electron chi connectivity index (χ0n) is 6.72. The summed E-state index contributed by atoms with van der Waals surface area (Å²) in [6.07, 6.45) is 0. The first-order valence-electron chi connectivity index (χ1n) is 2.61. The molecule has 0 heterocycles. The molecule has 0 aliphatic heterocycles. The van der Waals surface area contributed by atoms with Gasteiger partial charge in [-0.25, -0.2) is 0 Å². The van der Waals surface area contributed by atoms with Gasteiger partial charge >= 0.3 is 29.6 Å². The van der Waals surface area contributed by atoms with Crippen LogP contribution in [0.5, 0.6) is 0 Å². The van der Waals surface area contributed by atoms with Gasteiger partial charge in [-0.05, 0) is 20.8 Å². The van der Waals surface area contributed by atoms with Gasteiger partial charge in [0.15, 0.2) is 0 Å². The summed E-state index contributed by atoms with van der Waals surface area (Å²) in [6.45, 7) is 3.88. The van der Waals surface area contributed by atoms with Crippen molar-refractivity contribution >= 4 is 11.8 Å². The van der Waals surface area contributed by atoms with Crippen molar-refractivity contribution in [2.24, 2.45) is 5.41 Å². The third-order valence-electron chi connectivity index (χ3n) is 1.39. The van der Waals surface area contributed by atoms with E-state index in [2.05, 4.69) is 0 Å². The second-order valence-corrected chi connectivity index (χ2v) is 2.47. The van der Waals surface area contributed by atoms with E-state index in [0.717, 1.165) is 0 Å². The third kappa shape index (κ3) is 2.82. The molecule has 0 saturated carbocycles. The van der Waals surface area contributed by atoms with Gasteiger partial charge in [0, 0.05) is 0 Å². The van der Waals surface area contributed by atoms with E-state index >= 15 is 0 Å². The Hall–Kier alpha value is 0.140. The maximum Gasteiger partial charge on any atom is 1.00 e. The van der Waals surface area contributed by atoms with E-state index < -0.39 is 11.4 Å². The van der Waals surface area contributed by atoms with Crippen LogP contribution in [0.3, 0.4) is 0 Å². The molecule has 0 aromatic rings. The molecule has 0 saturated heterocycles.